The molecule has 0 unspecified atom stereocenters. The number of fused-ring (bicyclic) bond motifs is 1. The number of carbonyl (C=O) groups excluding carboxylic acids is 2. The van der Waals surface area contributed by atoms with Crippen LogP contribution >= 0.6 is 0 Å². The summed E-state index contributed by atoms with van der Waals surface area (Å²) >= 11 is 0. The summed E-state index contributed by atoms with van der Waals surface area (Å²) in [7, 11) is 0. The maximum atomic E-state index is 13.7. The molecule has 0 spiro atoms. The summed E-state index contributed by atoms with van der Waals surface area (Å²) in [6, 6.07) is 10.1. The Labute approximate surface area is 174 Å². The molecule has 5 heteroatoms. The largest absolute Gasteiger partial charge is 0.350 e. The molecule has 4 fully saturated rings. The summed E-state index contributed by atoms with van der Waals surface area (Å²) in [5, 5.41) is 6.42. The third-order valence-electron chi connectivity index (χ3n) is 7.10. The molecule has 4 aliphatic rings. The molecule has 0 radical (unpaired) electrons. The van der Waals surface area contributed by atoms with Crippen LogP contribution in [0.1, 0.15) is 46.1 Å². The first-order valence-corrected chi connectivity index (χ1v) is 11.2. The van der Waals surface area contributed by atoms with Crippen LogP contribution in [0.3, 0.4) is 0 Å². The van der Waals surface area contributed by atoms with Crippen molar-refractivity contribution in [2.45, 2.75) is 58.7 Å². The number of carbonyl (C=O) groups is 2. The molecule has 1 aromatic carbocycles. The first kappa shape index (κ1) is 20.4. The van der Waals surface area contributed by atoms with Crippen LogP contribution in [0.2, 0.25) is 0 Å². The summed E-state index contributed by atoms with van der Waals surface area (Å²) in [6.07, 6.45) is 1.84. The maximum Gasteiger partial charge on any atom is 0.248 e. The number of likely N-dealkylation sites (tertiary alicyclic amines) is 1. The topological polar surface area (TPSA) is 61.4 Å². The van der Waals surface area contributed by atoms with Crippen LogP contribution in [0.15, 0.2) is 30.3 Å². The lowest BCUT2D eigenvalue weighted by molar-refractivity contribution is -0.155. The first-order valence-electron chi connectivity index (χ1n) is 11.2. The number of hydrogen-bond acceptors (Lipinski definition) is 3. The fourth-order valence-electron chi connectivity index (χ4n) is 6.21. The molecule has 1 aliphatic carbocycles. The summed E-state index contributed by atoms with van der Waals surface area (Å²) < 4.78 is 0. The van der Waals surface area contributed by atoms with Gasteiger partial charge in [0.05, 0.1) is 0 Å². The molecular formula is C24H35N3O2. The zero-order valence-electron chi connectivity index (χ0n) is 18.2. The average molecular weight is 398 g/mol. The van der Waals surface area contributed by atoms with Crippen molar-refractivity contribution in [3.05, 3.63) is 35.9 Å². The van der Waals surface area contributed by atoms with Gasteiger partial charge in [0.15, 0.2) is 0 Å². The van der Waals surface area contributed by atoms with Gasteiger partial charge in [0.1, 0.15) is 5.54 Å². The fraction of sp³-hybridized carbons (Fsp3) is 0.667. The summed E-state index contributed by atoms with van der Waals surface area (Å²) in [5.74, 6) is 1.64. The smallest absolute Gasteiger partial charge is 0.248 e. The summed E-state index contributed by atoms with van der Waals surface area (Å²) in [5.41, 5.74) is 0.299. The van der Waals surface area contributed by atoms with Gasteiger partial charge in [-0.1, -0.05) is 58.0 Å². The Morgan fingerprint density at radius 3 is 2.59 bits per heavy atom. The van der Waals surface area contributed by atoms with Crippen LogP contribution in [0, 0.1) is 29.6 Å². The fourth-order valence-corrected chi connectivity index (χ4v) is 6.21. The van der Waals surface area contributed by atoms with Gasteiger partial charge in [-0.05, 0) is 36.2 Å². The number of benzene rings is 1. The third kappa shape index (κ3) is 3.48. The quantitative estimate of drug-likeness (QED) is 0.744. The highest BCUT2D eigenvalue weighted by atomic mass is 16.2. The Bertz CT molecular complexity index is 763. The van der Waals surface area contributed by atoms with Crippen LogP contribution in [0.5, 0.6) is 0 Å². The van der Waals surface area contributed by atoms with Gasteiger partial charge >= 0.3 is 0 Å². The molecule has 3 aliphatic heterocycles. The van der Waals surface area contributed by atoms with E-state index in [0.717, 1.165) is 31.5 Å². The zero-order valence-corrected chi connectivity index (χ0v) is 18.2. The average Bonchev–Trinajstić information content (AvgIpc) is 2.89. The summed E-state index contributed by atoms with van der Waals surface area (Å²) in [4.78, 5) is 29.2. The first-order chi connectivity index (χ1) is 13.8. The number of hydrogen-bond donors (Lipinski definition) is 2. The van der Waals surface area contributed by atoms with Gasteiger partial charge in [0.2, 0.25) is 11.8 Å². The van der Waals surface area contributed by atoms with E-state index >= 15 is 0 Å². The minimum absolute atomic E-state index is 0.00265. The lowest BCUT2D eigenvalue weighted by atomic mass is 9.57. The van der Waals surface area contributed by atoms with Crippen molar-refractivity contribution in [2.24, 2.45) is 29.6 Å². The highest BCUT2D eigenvalue weighted by molar-refractivity contribution is 5.97. The van der Waals surface area contributed by atoms with E-state index in [-0.39, 0.29) is 35.6 Å². The van der Waals surface area contributed by atoms with E-state index in [1.165, 1.54) is 0 Å². The second kappa shape index (κ2) is 7.75. The minimum Gasteiger partial charge on any atom is -0.350 e. The van der Waals surface area contributed by atoms with Gasteiger partial charge in [0.25, 0.3) is 0 Å². The second-order valence-corrected chi connectivity index (χ2v) is 10.2. The van der Waals surface area contributed by atoms with Crippen molar-refractivity contribution in [1.82, 2.24) is 15.5 Å². The van der Waals surface area contributed by atoms with Crippen molar-refractivity contribution in [3.8, 4) is 0 Å². The van der Waals surface area contributed by atoms with Crippen LogP contribution in [0.25, 0.3) is 0 Å². The molecular weight excluding hydrogens is 362 g/mol. The second-order valence-electron chi connectivity index (χ2n) is 10.2. The van der Waals surface area contributed by atoms with Crippen LogP contribution in [-0.4, -0.2) is 41.4 Å². The Balaban J connectivity index is 1.65. The van der Waals surface area contributed by atoms with Gasteiger partial charge in [0, 0.05) is 37.5 Å². The predicted octanol–water partition coefficient (Wildman–Crippen LogP) is 2.81. The molecule has 1 aromatic rings. The highest BCUT2D eigenvalue weighted by Gasteiger charge is 2.70. The lowest BCUT2D eigenvalue weighted by Crippen LogP contribution is -2.77. The molecule has 3 saturated heterocycles. The number of rotatable bonds is 7. The van der Waals surface area contributed by atoms with Gasteiger partial charge in [-0.2, -0.15) is 0 Å². The van der Waals surface area contributed by atoms with Crippen LogP contribution in [-0.2, 0) is 16.1 Å². The SMILES string of the molecule is CC(C)C[C@H]1[C@@H]2N(CC(C)C)C[C@@H]3C[C@H]1C(=O)N[C@@]32C(=O)NCc1ccccc1. The molecule has 158 valence electrons. The van der Waals surface area contributed by atoms with Crippen molar-refractivity contribution in [3.63, 3.8) is 0 Å². The molecule has 4 bridgehead atoms. The van der Waals surface area contributed by atoms with Gasteiger partial charge in [-0.25, -0.2) is 0 Å². The number of nitrogens with one attached hydrogen (secondary N) is 2. The van der Waals surface area contributed by atoms with E-state index in [9.17, 15) is 9.59 Å². The monoisotopic (exact) mass is 397 g/mol. The van der Waals surface area contributed by atoms with E-state index < -0.39 is 5.54 Å². The molecule has 29 heavy (non-hydrogen) atoms. The normalized spacial score (nSPS) is 33.4. The lowest BCUT2D eigenvalue weighted by Gasteiger charge is -2.55. The highest BCUT2D eigenvalue weighted by Crippen LogP contribution is 2.54. The Morgan fingerprint density at radius 2 is 1.93 bits per heavy atom. The number of amides is 2. The Morgan fingerprint density at radius 1 is 1.21 bits per heavy atom. The zero-order chi connectivity index (χ0) is 20.8. The van der Waals surface area contributed by atoms with E-state index in [1.807, 2.05) is 30.3 Å². The Kier molecular flexibility index (Phi) is 5.45. The molecule has 3 heterocycles. The van der Waals surface area contributed by atoms with E-state index in [1.54, 1.807) is 0 Å². The van der Waals surface area contributed by atoms with Gasteiger partial charge in [-0.3, -0.25) is 14.5 Å². The number of piperidine rings is 2. The molecule has 0 aromatic heterocycles. The molecule has 2 amide bonds. The molecule has 1 saturated carbocycles. The maximum absolute atomic E-state index is 13.7. The van der Waals surface area contributed by atoms with Crippen LogP contribution < -0.4 is 10.6 Å². The van der Waals surface area contributed by atoms with E-state index in [2.05, 4.69) is 43.2 Å². The number of nitrogens with zero attached hydrogens (tertiary/aromatic N) is 1. The minimum atomic E-state index is -0.783. The molecule has 2 N–H and O–H groups in total. The van der Waals surface area contributed by atoms with Crippen molar-refractivity contribution in [1.29, 1.82) is 0 Å². The molecule has 5 nitrogen and oxygen atoms in total. The van der Waals surface area contributed by atoms with Gasteiger partial charge < -0.3 is 10.6 Å². The molecule has 5 atom stereocenters. The van der Waals surface area contributed by atoms with Crippen molar-refractivity contribution >= 4 is 11.8 Å². The van der Waals surface area contributed by atoms with Crippen LogP contribution in [0.4, 0.5) is 0 Å². The van der Waals surface area contributed by atoms with Crippen molar-refractivity contribution < 1.29 is 9.59 Å². The third-order valence-corrected chi connectivity index (χ3v) is 7.10. The standard InChI is InChI=1S/C24H35N3O2/c1-15(2)10-19-20-11-18-14-27(13-16(3)4)21(19)24(18,26-22(20)28)23(29)25-12-17-8-6-5-7-9-17/h5-9,15-16,18-21H,10-14H2,1-4H3,(H,25,29)(H,26,28)/t18-,19+,20+,21-,24-/m0/s1. The molecule has 5 rings (SSSR count). The van der Waals surface area contributed by atoms with Crippen molar-refractivity contribution in [2.75, 3.05) is 13.1 Å². The Hall–Kier alpha value is -1.88. The van der Waals surface area contributed by atoms with E-state index in [4.69, 9.17) is 0 Å². The van der Waals surface area contributed by atoms with Gasteiger partial charge in [-0.15, -0.1) is 0 Å². The van der Waals surface area contributed by atoms with E-state index in [0.29, 0.717) is 18.4 Å². The predicted molar refractivity (Wildman–Crippen MR) is 114 cm³/mol. The summed E-state index contributed by atoms with van der Waals surface area (Å²) in [6.45, 7) is 11.3.